The summed E-state index contributed by atoms with van der Waals surface area (Å²) in [6, 6.07) is 13.8. The third-order valence-corrected chi connectivity index (χ3v) is 3.82. The first kappa shape index (κ1) is 16.9. The Morgan fingerprint density at radius 1 is 1.17 bits per heavy atom. The van der Waals surface area contributed by atoms with Crippen molar-refractivity contribution >= 4 is 11.6 Å². The molecular formula is C19H24N2O2. The van der Waals surface area contributed by atoms with Gasteiger partial charge < -0.3 is 15.4 Å². The highest BCUT2D eigenvalue weighted by molar-refractivity contribution is 5.81. The van der Waals surface area contributed by atoms with Crippen LogP contribution in [-0.4, -0.2) is 19.6 Å². The quantitative estimate of drug-likeness (QED) is 0.857. The highest BCUT2D eigenvalue weighted by Crippen LogP contribution is 2.24. The van der Waals surface area contributed by atoms with Gasteiger partial charge in [-0.2, -0.15) is 0 Å². The van der Waals surface area contributed by atoms with Gasteiger partial charge in [0, 0.05) is 11.3 Å². The van der Waals surface area contributed by atoms with Gasteiger partial charge in [-0.25, -0.2) is 0 Å². The molecule has 122 valence electrons. The molecule has 2 N–H and O–H groups in total. The molecule has 0 bridgehead atoms. The molecule has 0 spiro atoms. The number of aryl methyl sites for hydroxylation is 2. The maximum absolute atomic E-state index is 12.2. The van der Waals surface area contributed by atoms with Gasteiger partial charge in [0.05, 0.1) is 19.7 Å². The van der Waals surface area contributed by atoms with E-state index >= 15 is 0 Å². The van der Waals surface area contributed by atoms with Crippen molar-refractivity contribution in [2.24, 2.45) is 0 Å². The van der Waals surface area contributed by atoms with Crippen LogP contribution >= 0.6 is 0 Å². The Labute approximate surface area is 137 Å². The molecule has 0 fully saturated rings. The molecule has 0 aromatic heterocycles. The number of ether oxygens (including phenoxy) is 1. The number of hydrogen-bond acceptors (Lipinski definition) is 3. The molecule has 0 heterocycles. The Balaban J connectivity index is 1.95. The van der Waals surface area contributed by atoms with Crippen molar-refractivity contribution in [3.63, 3.8) is 0 Å². The first-order chi connectivity index (χ1) is 11.0. The van der Waals surface area contributed by atoms with Crippen LogP contribution in [0.1, 0.15) is 29.7 Å². The Bertz CT molecular complexity index is 683. The number of nitrogens with one attached hydrogen (secondary N) is 2. The van der Waals surface area contributed by atoms with Gasteiger partial charge in [0.1, 0.15) is 5.75 Å². The first-order valence-electron chi connectivity index (χ1n) is 7.74. The Hall–Kier alpha value is -2.49. The molecule has 0 saturated heterocycles. The fraction of sp³-hybridized carbons (Fsp3) is 0.316. The van der Waals surface area contributed by atoms with Crippen LogP contribution in [-0.2, 0) is 4.79 Å². The van der Waals surface area contributed by atoms with Crippen LogP contribution < -0.4 is 15.4 Å². The zero-order chi connectivity index (χ0) is 16.8. The molecule has 1 atom stereocenters. The Morgan fingerprint density at radius 2 is 1.91 bits per heavy atom. The van der Waals surface area contributed by atoms with Crippen LogP contribution in [0.2, 0.25) is 0 Å². The molecule has 1 unspecified atom stereocenters. The number of para-hydroxylation sites is 1. The van der Waals surface area contributed by atoms with Crippen molar-refractivity contribution in [2.45, 2.75) is 26.8 Å². The summed E-state index contributed by atoms with van der Waals surface area (Å²) in [7, 11) is 1.63. The van der Waals surface area contributed by atoms with E-state index in [-0.39, 0.29) is 18.5 Å². The second kappa shape index (κ2) is 7.68. The van der Waals surface area contributed by atoms with E-state index in [0.29, 0.717) is 0 Å². The second-order valence-electron chi connectivity index (χ2n) is 5.70. The monoisotopic (exact) mass is 312 g/mol. The van der Waals surface area contributed by atoms with Gasteiger partial charge in [-0.3, -0.25) is 4.79 Å². The highest BCUT2D eigenvalue weighted by atomic mass is 16.5. The topological polar surface area (TPSA) is 50.4 Å². The molecule has 0 aliphatic carbocycles. The lowest BCUT2D eigenvalue weighted by molar-refractivity contribution is -0.120. The number of benzene rings is 2. The SMILES string of the molecule is COc1ccccc1C(C)NC(=O)CNc1cc(C)ccc1C. The van der Waals surface area contributed by atoms with Crippen molar-refractivity contribution in [1.29, 1.82) is 0 Å². The van der Waals surface area contributed by atoms with Crippen molar-refractivity contribution in [3.05, 3.63) is 59.2 Å². The van der Waals surface area contributed by atoms with Crippen LogP contribution in [0.25, 0.3) is 0 Å². The van der Waals surface area contributed by atoms with E-state index in [4.69, 9.17) is 4.74 Å². The van der Waals surface area contributed by atoms with Gasteiger partial charge in [0.2, 0.25) is 5.91 Å². The summed E-state index contributed by atoms with van der Waals surface area (Å²) in [5.41, 5.74) is 4.25. The van der Waals surface area contributed by atoms with E-state index in [1.54, 1.807) is 7.11 Å². The zero-order valence-electron chi connectivity index (χ0n) is 14.1. The number of hydrogen-bond donors (Lipinski definition) is 2. The summed E-state index contributed by atoms with van der Waals surface area (Å²) in [6.07, 6.45) is 0. The number of carbonyl (C=O) groups is 1. The van der Waals surface area contributed by atoms with E-state index in [2.05, 4.69) is 16.7 Å². The minimum absolute atomic E-state index is 0.0516. The fourth-order valence-corrected chi connectivity index (χ4v) is 2.50. The smallest absolute Gasteiger partial charge is 0.239 e. The largest absolute Gasteiger partial charge is 0.496 e. The molecule has 0 radical (unpaired) electrons. The molecule has 4 heteroatoms. The van der Waals surface area contributed by atoms with E-state index in [1.807, 2.05) is 57.2 Å². The Morgan fingerprint density at radius 3 is 2.65 bits per heavy atom. The van der Waals surface area contributed by atoms with Gasteiger partial charge in [-0.15, -0.1) is 0 Å². The lowest BCUT2D eigenvalue weighted by Gasteiger charge is -2.18. The van der Waals surface area contributed by atoms with Crippen LogP contribution in [0.15, 0.2) is 42.5 Å². The summed E-state index contributed by atoms with van der Waals surface area (Å²) < 4.78 is 5.34. The van der Waals surface area contributed by atoms with Crippen LogP contribution in [0.3, 0.4) is 0 Å². The minimum Gasteiger partial charge on any atom is -0.496 e. The average molecular weight is 312 g/mol. The van der Waals surface area contributed by atoms with E-state index in [0.717, 1.165) is 22.6 Å². The molecule has 23 heavy (non-hydrogen) atoms. The lowest BCUT2D eigenvalue weighted by atomic mass is 10.1. The molecule has 2 aromatic carbocycles. The van der Waals surface area contributed by atoms with Gasteiger partial charge in [0.25, 0.3) is 0 Å². The van der Waals surface area contributed by atoms with E-state index in [1.165, 1.54) is 5.56 Å². The maximum Gasteiger partial charge on any atom is 0.239 e. The molecule has 0 aliphatic rings. The number of methoxy groups -OCH3 is 1. The zero-order valence-corrected chi connectivity index (χ0v) is 14.1. The van der Waals surface area contributed by atoms with Crippen LogP contribution in [0.5, 0.6) is 5.75 Å². The van der Waals surface area contributed by atoms with Crippen molar-refractivity contribution < 1.29 is 9.53 Å². The fourth-order valence-electron chi connectivity index (χ4n) is 2.50. The molecule has 0 saturated carbocycles. The third kappa shape index (κ3) is 4.49. The second-order valence-corrected chi connectivity index (χ2v) is 5.70. The molecule has 4 nitrogen and oxygen atoms in total. The number of amides is 1. The van der Waals surface area contributed by atoms with Crippen molar-refractivity contribution in [3.8, 4) is 5.75 Å². The van der Waals surface area contributed by atoms with Crippen LogP contribution in [0, 0.1) is 13.8 Å². The lowest BCUT2D eigenvalue weighted by Crippen LogP contribution is -2.32. The number of carbonyl (C=O) groups excluding carboxylic acids is 1. The summed E-state index contributed by atoms with van der Waals surface area (Å²) in [5.74, 6) is 0.729. The predicted octanol–water partition coefficient (Wildman–Crippen LogP) is 3.60. The average Bonchev–Trinajstić information content (AvgIpc) is 2.55. The van der Waals surface area contributed by atoms with Crippen molar-refractivity contribution in [1.82, 2.24) is 5.32 Å². The van der Waals surface area contributed by atoms with Gasteiger partial charge in [0.15, 0.2) is 0 Å². The summed E-state index contributed by atoms with van der Waals surface area (Å²) in [6.45, 7) is 6.25. The predicted molar refractivity (Wildman–Crippen MR) is 94.0 cm³/mol. The van der Waals surface area contributed by atoms with Gasteiger partial charge >= 0.3 is 0 Å². The summed E-state index contributed by atoms with van der Waals surface area (Å²) in [4.78, 5) is 12.2. The molecule has 2 aromatic rings. The molecular weight excluding hydrogens is 288 g/mol. The Kier molecular flexibility index (Phi) is 5.63. The minimum atomic E-state index is -0.112. The summed E-state index contributed by atoms with van der Waals surface area (Å²) >= 11 is 0. The molecule has 1 amide bonds. The number of anilines is 1. The number of rotatable bonds is 6. The standard InChI is InChI=1S/C19H24N2O2/c1-13-9-10-14(2)17(11-13)20-12-19(22)21-15(3)16-7-5-6-8-18(16)23-4/h5-11,15,20H,12H2,1-4H3,(H,21,22). The highest BCUT2D eigenvalue weighted by Gasteiger charge is 2.13. The van der Waals surface area contributed by atoms with E-state index in [9.17, 15) is 4.79 Å². The van der Waals surface area contributed by atoms with Crippen LogP contribution in [0.4, 0.5) is 5.69 Å². The maximum atomic E-state index is 12.2. The normalized spacial score (nSPS) is 11.7. The van der Waals surface area contributed by atoms with Gasteiger partial charge in [-0.1, -0.05) is 30.3 Å². The van der Waals surface area contributed by atoms with E-state index < -0.39 is 0 Å². The molecule has 2 rings (SSSR count). The third-order valence-electron chi connectivity index (χ3n) is 3.82. The first-order valence-corrected chi connectivity index (χ1v) is 7.74. The molecule has 0 aliphatic heterocycles. The van der Waals surface area contributed by atoms with Gasteiger partial charge in [-0.05, 0) is 44.0 Å². The van der Waals surface area contributed by atoms with Crippen molar-refractivity contribution in [2.75, 3.05) is 19.0 Å². The summed E-state index contributed by atoms with van der Waals surface area (Å²) in [5, 5.41) is 6.19.